The average molecular weight is 276 g/mol. The number of aliphatic hydroxyl groups is 1. The summed E-state index contributed by atoms with van der Waals surface area (Å²) in [5.41, 5.74) is 0. The lowest BCUT2D eigenvalue weighted by atomic mass is 10.1. The van der Waals surface area contributed by atoms with Gasteiger partial charge in [-0.15, -0.1) is 0 Å². The summed E-state index contributed by atoms with van der Waals surface area (Å²) in [6, 6.07) is 0. The fourth-order valence-corrected chi connectivity index (χ4v) is 1.22. The summed E-state index contributed by atoms with van der Waals surface area (Å²) < 4.78 is 16.1. The standard InChI is InChI=1S/C14H28O5/c1-6-10(2)14(16)19-13(5)9-18-12(4)8-17-11(3)7-15/h10-13,15H,6-9H2,1-5H3. The Morgan fingerprint density at radius 2 is 1.53 bits per heavy atom. The molecule has 5 heteroatoms. The molecule has 4 unspecified atom stereocenters. The molecule has 0 radical (unpaired) electrons. The fourth-order valence-electron chi connectivity index (χ4n) is 1.22. The third-order valence-corrected chi connectivity index (χ3v) is 2.82. The Kier molecular flexibility index (Phi) is 9.83. The lowest BCUT2D eigenvalue weighted by molar-refractivity contribution is -0.157. The van der Waals surface area contributed by atoms with E-state index in [0.717, 1.165) is 6.42 Å². The molecule has 0 aliphatic carbocycles. The molecule has 5 nitrogen and oxygen atoms in total. The van der Waals surface area contributed by atoms with E-state index in [-0.39, 0.29) is 36.8 Å². The van der Waals surface area contributed by atoms with Gasteiger partial charge in [0.15, 0.2) is 0 Å². The molecule has 0 aromatic rings. The lowest BCUT2D eigenvalue weighted by Gasteiger charge is -2.20. The highest BCUT2D eigenvalue weighted by Crippen LogP contribution is 2.06. The van der Waals surface area contributed by atoms with Crippen molar-refractivity contribution in [3.05, 3.63) is 0 Å². The van der Waals surface area contributed by atoms with Crippen LogP contribution >= 0.6 is 0 Å². The first kappa shape index (κ1) is 18.4. The molecule has 0 saturated heterocycles. The molecule has 19 heavy (non-hydrogen) atoms. The summed E-state index contributed by atoms with van der Waals surface area (Å²) in [5, 5.41) is 8.82. The molecule has 0 rings (SSSR count). The molecule has 0 aromatic heterocycles. The van der Waals surface area contributed by atoms with Gasteiger partial charge in [-0.3, -0.25) is 4.79 Å². The Morgan fingerprint density at radius 3 is 2.05 bits per heavy atom. The molecular formula is C14H28O5. The molecule has 0 fully saturated rings. The van der Waals surface area contributed by atoms with Gasteiger partial charge < -0.3 is 19.3 Å². The molecule has 0 amide bonds. The van der Waals surface area contributed by atoms with Gasteiger partial charge >= 0.3 is 5.97 Å². The van der Waals surface area contributed by atoms with Crippen LogP contribution in [0.25, 0.3) is 0 Å². The van der Waals surface area contributed by atoms with E-state index >= 15 is 0 Å². The zero-order valence-corrected chi connectivity index (χ0v) is 12.7. The second-order valence-corrected chi connectivity index (χ2v) is 5.03. The number of carbonyl (C=O) groups is 1. The van der Waals surface area contributed by atoms with Crippen LogP contribution in [0.2, 0.25) is 0 Å². The SMILES string of the molecule is CCC(C)C(=O)OC(C)COC(C)COC(C)CO. The smallest absolute Gasteiger partial charge is 0.308 e. The topological polar surface area (TPSA) is 65.0 Å². The Hall–Kier alpha value is -0.650. The van der Waals surface area contributed by atoms with Crippen molar-refractivity contribution in [2.75, 3.05) is 19.8 Å². The van der Waals surface area contributed by atoms with E-state index in [4.69, 9.17) is 19.3 Å². The second-order valence-electron chi connectivity index (χ2n) is 5.03. The van der Waals surface area contributed by atoms with Crippen LogP contribution in [0.15, 0.2) is 0 Å². The highest BCUT2D eigenvalue weighted by molar-refractivity contribution is 5.72. The van der Waals surface area contributed by atoms with Crippen molar-refractivity contribution < 1.29 is 24.1 Å². The zero-order valence-electron chi connectivity index (χ0n) is 12.7. The molecule has 1 N–H and O–H groups in total. The van der Waals surface area contributed by atoms with E-state index in [1.165, 1.54) is 0 Å². The summed E-state index contributed by atoms with van der Waals surface area (Å²) in [6.07, 6.45) is 0.222. The van der Waals surface area contributed by atoms with Crippen LogP contribution < -0.4 is 0 Å². The molecular weight excluding hydrogens is 248 g/mol. The van der Waals surface area contributed by atoms with Crippen molar-refractivity contribution in [3.8, 4) is 0 Å². The first-order chi connectivity index (χ1) is 8.90. The van der Waals surface area contributed by atoms with E-state index in [1.54, 1.807) is 6.92 Å². The largest absolute Gasteiger partial charge is 0.460 e. The molecule has 0 aliphatic rings. The summed E-state index contributed by atoms with van der Waals surface area (Å²) in [6.45, 7) is 10.0. The van der Waals surface area contributed by atoms with Crippen molar-refractivity contribution in [2.45, 2.75) is 59.4 Å². The highest BCUT2D eigenvalue weighted by atomic mass is 16.6. The van der Waals surface area contributed by atoms with E-state index in [2.05, 4.69) is 0 Å². The normalized spacial score (nSPS) is 17.6. The minimum atomic E-state index is -0.265. The van der Waals surface area contributed by atoms with E-state index in [0.29, 0.717) is 13.2 Å². The molecule has 0 heterocycles. The van der Waals surface area contributed by atoms with Crippen molar-refractivity contribution in [3.63, 3.8) is 0 Å². The summed E-state index contributed by atoms with van der Waals surface area (Å²) in [5.74, 6) is -0.259. The van der Waals surface area contributed by atoms with Gasteiger partial charge in [-0.05, 0) is 27.2 Å². The summed E-state index contributed by atoms with van der Waals surface area (Å²) >= 11 is 0. The highest BCUT2D eigenvalue weighted by Gasteiger charge is 2.16. The minimum absolute atomic E-state index is 0.00432. The number of carbonyl (C=O) groups excluding carboxylic acids is 1. The Bertz CT molecular complexity index is 244. The molecule has 0 bridgehead atoms. The summed E-state index contributed by atoms with van der Waals surface area (Å²) in [7, 11) is 0. The zero-order chi connectivity index (χ0) is 14.8. The van der Waals surface area contributed by atoms with E-state index < -0.39 is 0 Å². The van der Waals surface area contributed by atoms with Gasteiger partial charge in [0, 0.05) is 0 Å². The molecule has 4 atom stereocenters. The first-order valence-corrected chi connectivity index (χ1v) is 6.95. The maximum absolute atomic E-state index is 11.6. The minimum Gasteiger partial charge on any atom is -0.460 e. The molecule has 114 valence electrons. The Labute approximate surface area is 116 Å². The predicted octanol–water partition coefficient (Wildman–Crippen LogP) is 1.77. The van der Waals surface area contributed by atoms with Gasteiger partial charge in [0.25, 0.3) is 0 Å². The number of aliphatic hydroxyl groups excluding tert-OH is 1. The van der Waals surface area contributed by atoms with Crippen LogP contribution in [0.1, 0.15) is 41.0 Å². The monoisotopic (exact) mass is 276 g/mol. The molecule has 0 saturated carbocycles. The summed E-state index contributed by atoms with van der Waals surface area (Å²) in [4.78, 5) is 11.6. The number of hydrogen-bond acceptors (Lipinski definition) is 5. The van der Waals surface area contributed by atoms with E-state index in [1.807, 2.05) is 27.7 Å². The Morgan fingerprint density at radius 1 is 1.00 bits per heavy atom. The van der Waals surface area contributed by atoms with Gasteiger partial charge in [0.2, 0.25) is 0 Å². The van der Waals surface area contributed by atoms with Crippen LogP contribution in [-0.4, -0.2) is 49.2 Å². The lowest BCUT2D eigenvalue weighted by Crippen LogP contribution is -2.28. The van der Waals surface area contributed by atoms with Crippen LogP contribution in [0.3, 0.4) is 0 Å². The van der Waals surface area contributed by atoms with Crippen LogP contribution in [-0.2, 0) is 19.0 Å². The van der Waals surface area contributed by atoms with Crippen molar-refractivity contribution in [1.82, 2.24) is 0 Å². The van der Waals surface area contributed by atoms with E-state index in [9.17, 15) is 4.79 Å². The number of hydrogen-bond donors (Lipinski definition) is 1. The maximum atomic E-state index is 11.6. The molecule has 0 spiro atoms. The first-order valence-electron chi connectivity index (χ1n) is 6.95. The second kappa shape index (κ2) is 10.2. The third kappa shape index (κ3) is 8.97. The predicted molar refractivity (Wildman–Crippen MR) is 72.9 cm³/mol. The van der Waals surface area contributed by atoms with Gasteiger partial charge in [-0.25, -0.2) is 0 Å². The van der Waals surface area contributed by atoms with Crippen molar-refractivity contribution >= 4 is 5.97 Å². The van der Waals surface area contributed by atoms with Gasteiger partial charge in [-0.2, -0.15) is 0 Å². The average Bonchev–Trinajstić information content (AvgIpc) is 2.41. The quantitative estimate of drug-likeness (QED) is 0.616. The number of rotatable bonds is 10. The van der Waals surface area contributed by atoms with Crippen LogP contribution in [0.5, 0.6) is 0 Å². The maximum Gasteiger partial charge on any atom is 0.308 e. The van der Waals surface area contributed by atoms with Crippen molar-refractivity contribution in [2.24, 2.45) is 5.92 Å². The fraction of sp³-hybridized carbons (Fsp3) is 0.929. The number of ether oxygens (including phenoxy) is 3. The van der Waals surface area contributed by atoms with Crippen LogP contribution in [0, 0.1) is 5.92 Å². The molecule has 0 aromatic carbocycles. The van der Waals surface area contributed by atoms with Gasteiger partial charge in [0.1, 0.15) is 6.10 Å². The van der Waals surface area contributed by atoms with Crippen molar-refractivity contribution in [1.29, 1.82) is 0 Å². The van der Waals surface area contributed by atoms with Gasteiger partial charge in [-0.1, -0.05) is 13.8 Å². The van der Waals surface area contributed by atoms with Gasteiger partial charge in [0.05, 0.1) is 37.9 Å². The molecule has 0 aliphatic heterocycles. The van der Waals surface area contributed by atoms with Crippen LogP contribution in [0.4, 0.5) is 0 Å². The Balaban J connectivity index is 3.77. The number of esters is 1. The third-order valence-electron chi connectivity index (χ3n) is 2.82.